The second-order valence-electron chi connectivity index (χ2n) is 7.58. The van der Waals surface area contributed by atoms with Crippen LogP contribution in [0.3, 0.4) is 0 Å². The quantitative estimate of drug-likeness (QED) is 0.519. The summed E-state index contributed by atoms with van der Waals surface area (Å²) in [6.45, 7) is 2.22. The Bertz CT molecular complexity index is 747. The van der Waals surface area contributed by atoms with E-state index in [9.17, 15) is 8.78 Å². The van der Waals surface area contributed by atoms with Crippen molar-refractivity contribution in [3.05, 3.63) is 59.9 Å². The normalized spacial score (nSPS) is 20.3. The van der Waals surface area contributed by atoms with Gasteiger partial charge in [0.15, 0.2) is 17.5 Å². The molecule has 0 aliphatic heterocycles. The zero-order valence-corrected chi connectivity index (χ0v) is 16.0. The van der Waals surface area contributed by atoms with Crippen LogP contribution in [-0.4, -0.2) is 9.97 Å². The van der Waals surface area contributed by atoms with E-state index < -0.39 is 11.6 Å². The van der Waals surface area contributed by atoms with Gasteiger partial charge in [-0.15, -0.1) is 0 Å². The molecule has 0 N–H and O–H groups in total. The van der Waals surface area contributed by atoms with Crippen LogP contribution in [0.1, 0.15) is 57.4 Å². The highest BCUT2D eigenvalue weighted by atomic mass is 19.2. The molecule has 0 radical (unpaired) electrons. The van der Waals surface area contributed by atoms with Gasteiger partial charge in [-0.25, -0.2) is 18.7 Å². The zero-order valence-electron chi connectivity index (χ0n) is 16.0. The Morgan fingerprint density at radius 2 is 1.78 bits per heavy atom. The molecule has 0 unspecified atom stereocenters. The predicted octanol–water partition coefficient (Wildman–Crippen LogP) is 6.52. The molecule has 27 heavy (non-hydrogen) atoms. The SMILES string of the molecule is CCC/C=C/[C@H]1CC[C@H](CCc2cnc(-c3ccc(F)c(F)c3)nc2)CC1. The van der Waals surface area contributed by atoms with Gasteiger partial charge in [-0.2, -0.15) is 0 Å². The average molecular weight is 370 g/mol. The Morgan fingerprint density at radius 3 is 2.44 bits per heavy atom. The molecular weight excluding hydrogens is 342 g/mol. The van der Waals surface area contributed by atoms with Gasteiger partial charge >= 0.3 is 0 Å². The van der Waals surface area contributed by atoms with Crippen LogP contribution in [0.4, 0.5) is 8.78 Å². The first-order valence-electron chi connectivity index (χ1n) is 10.1. The minimum absolute atomic E-state index is 0.428. The van der Waals surface area contributed by atoms with E-state index in [1.807, 2.05) is 12.4 Å². The third-order valence-electron chi connectivity index (χ3n) is 5.48. The summed E-state index contributed by atoms with van der Waals surface area (Å²) in [6.07, 6.45) is 18.1. The van der Waals surface area contributed by atoms with Crippen molar-refractivity contribution in [1.82, 2.24) is 9.97 Å². The molecule has 0 amide bonds. The lowest BCUT2D eigenvalue weighted by Gasteiger charge is -2.26. The maximum absolute atomic E-state index is 13.4. The maximum Gasteiger partial charge on any atom is 0.159 e. The Labute approximate surface area is 160 Å². The first-order valence-corrected chi connectivity index (χ1v) is 10.1. The molecule has 144 valence electrons. The van der Waals surface area contributed by atoms with Gasteiger partial charge in [0.05, 0.1) is 0 Å². The minimum Gasteiger partial charge on any atom is -0.236 e. The molecule has 0 atom stereocenters. The monoisotopic (exact) mass is 370 g/mol. The van der Waals surface area contributed by atoms with E-state index in [-0.39, 0.29) is 0 Å². The molecule has 1 fully saturated rings. The zero-order chi connectivity index (χ0) is 19.1. The van der Waals surface area contributed by atoms with Gasteiger partial charge in [-0.1, -0.05) is 25.5 Å². The number of hydrogen-bond donors (Lipinski definition) is 0. The number of allylic oxidation sites excluding steroid dienone is 2. The van der Waals surface area contributed by atoms with Crippen LogP contribution in [0.5, 0.6) is 0 Å². The van der Waals surface area contributed by atoms with Gasteiger partial charge in [-0.3, -0.25) is 0 Å². The summed E-state index contributed by atoms with van der Waals surface area (Å²) in [5.41, 5.74) is 1.60. The molecule has 1 aromatic carbocycles. The lowest BCUT2D eigenvalue weighted by atomic mass is 9.79. The molecule has 3 rings (SSSR count). The number of aromatic nitrogens is 2. The molecule has 0 saturated heterocycles. The van der Waals surface area contributed by atoms with Crippen molar-refractivity contribution in [3.63, 3.8) is 0 Å². The molecule has 1 aromatic heterocycles. The lowest BCUT2D eigenvalue weighted by molar-refractivity contribution is 0.296. The third-order valence-corrected chi connectivity index (χ3v) is 5.48. The number of rotatable bonds is 7. The molecule has 0 bridgehead atoms. The largest absolute Gasteiger partial charge is 0.236 e. The average Bonchev–Trinajstić information content (AvgIpc) is 2.70. The second kappa shape index (κ2) is 9.72. The van der Waals surface area contributed by atoms with Crippen LogP contribution in [0.2, 0.25) is 0 Å². The summed E-state index contributed by atoms with van der Waals surface area (Å²) in [7, 11) is 0. The Balaban J connectivity index is 1.47. The highest BCUT2D eigenvalue weighted by Crippen LogP contribution is 2.32. The van der Waals surface area contributed by atoms with E-state index in [1.165, 1.54) is 51.0 Å². The number of benzene rings is 1. The summed E-state index contributed by atoms with van der Waals surface area (Å²) in [6, 6.07) is 3.74. The second-order valence-corrected chi connectivity index (χ2v) is 7.58. The van der Waals surface area contributed by atoms with Crippen molar-refractivity contribution in [2.45, 2.75) is 58.3 Å². The molecule has 4 heteroatoms. The molecule has 2 nitrogen and oxygen atoms in total. The van der Waals surface area contributed by atoms with Crippen molar-refractivity contribution < 1.29 is 8.78 Å². The van der Waals surface area contributed by atoms with Gasteiger partial charge in [0.25, 0.3) is 0 Å². The molecule has 1 aliphatic carbocycles. The third kappa shape index (κ3) is 5.69. The minimum atomic E-state index is -0.875. The van der Waals surface area contributed by atoms with Crippen molar-refractivity contribution in [2.24, 2.45) is 11.8 Å². The van der Waals surface area contributed by atoms with Crippen LogP contribution < -0.4 is 0 Å². The Hall–Kier alpha value is -2.10. The fourth-order valence-electron chi connectivity index (χ4n) is 3.76. The van der Waals surface area contributed by atoms with Gasteiger partial charge < -0.3 is 0 Å². The van der Waals surface area contributed by atoms with Gasteiger partial charge in [0.1, 0.15) is 0 Å². The fourth-order valence-corrected chi connectivity index (χ4v) is 3.76. The van der Waals surface area contributed by atoms with E-state index in [0.717, 1.165) is 36.0 Å². The standard InChI is InChI=1S/C23H28F2N2/c1-2-3-4-5-17-6-8-18(9-7-17)10-11-19-15-26-23(27-16-19)20-12-13-21(24)22(25)14-20/h4-5,12-18H,2-3,6-11H2,1H3/b5-4+/t17-,18-. The van der Waals surface area contributed by atoms with E-state index in [2.05, 4.69) is 29.0 Å². The topological polar surface area (TPSA) is 25.8 Å². The number of unbranched alkanes of at least 4 members (excludes halogenated alkanes) is 1. The first-order chi connectivity index (χ1) is 13.2. The summed E-state index contributed by atoms with van der Waals surface area (Å²) in [5.74, 6) is 0.251. The van der Waals surface area contributed by atoms with Crippen molar-refractivity contribution in [1.29, 1.82) is 0 Å². The maximum atomic E-state index is 13.4. The summed E-state index contributed by atoms with van der Waals surface area (Å²) < 4.78 is 26.4. The Kier molecular flexibility index (Phi) is 7.08. The molecule has 1 saturated carbocycles. The number of nitrogens with zero attached hydrogens (tertiary/aromatic N) is 2. The van der Waals surface area contributed by atoms with Crippen molar-refractivity contribution >= 4 is 0 Å². The van der Waals surface area contributed by atoms with Crippen LogP contribution >= 0.6 is 0 Å². The first kappa shape index (κ1) is 19.7. The number of aryl methyl sites for hydroxylation is 1. The van der Waals surface area contributed by atoms with E-state index in [0.29, 0.717) is 11.4 Å². The van der Waals surface area contributed by atoms with E-state index in [4.69, 9.17) is 0 Å². The van der Waals surface area contributed by atoms with Gasteiger partial charge in [-0.05, 0) is 80.5 Å². The lowest BCUT2D eigenvalue weighted by Crippen LogP contribution is -2.13. The summed E-state index contributed by atoms with van der Waals surface area (Å²) >= 11 is 0. The highest BCUT2D eigenvalue weighted by Gasteiger charge is 2.19. The predicted molar refractivity (Wildman–Crippen MR) is 105 cm³/mol. The van der Waals surface area contributed by atoms with Crippen LogP contribution in [-0.2, 0) is 6.42 Å². The van der Waals surface area contributed by atoms with Crippen LogP contribution in [0.25, 0.3) is 11.4 Å². The molecule has 1 aliphatic rings. The van der Waals surface area contributed by atoms with Crippen molar-refractivity contribution in [2.75, 3.05) is 0 Å². The molecular formula is C23H28F2N2. The number of hydrogen-bond acceptors (Lipinski definition) is 2. The smallest absolute Gasteiger partial charge is 0.159 e. The molecule has 1 heterocycles. The van der Waals surface area contributed by atoms with Crippen molar-refractivity contribution in [3.8, 4) is 11.4 Å². The Morgan fingerprint density at radius 1 is 1.04 bits per heavy atom. The molecule has 2 aromatic rings. The van der Waals surface area contributed by atoms with Crippen LogP contribution in [0, 0.1) is 23.5 Å². The van der Waals surface area contributed by atoms with E-state index >= 15 is 0 Å². The van der Waals surface area contributed by atoms with Gasteiger partial charge in [0.2, 0.25) is 0 Å². The summed E-state index contributed by atoms with van der Waals surface area (Å²) in [5, 5.41) is 0. The molecule has 0 spiro atoms. The highest BCUT2D eigenvalue weighted by molar-refractivity contribution is 5.54. The summed E-state index contributed by atoms with van der Waals surface area (Å²) in [4.78, 5) is 8.66. The van der Waals surface area contributed by atoms with Crippen LogP contribution in [0.15, 0.2) is 42.7 Å². The van der Waals surface area contributed by atoms with E-state index in [1.54, 1.807) is 0 Å². The fraction of sp³-hybridized carbons (Fsp3) is 0.478. The number of halogens is 2. The van der Waals surface area contributed by atoms with Gasteiger partial charge in [0, 0.05) is 18.0 Å².